The third kappa shape index (κ3) is 5.38. The van der Waals surface area contributed by atoms with Crippen LogP contribution in [0.25, 0.3) is 44.2 Å². The molecule has 1 spiro atoms. The molecule has 0 radical (unpaired) electrons. The molecule has 0 bridgehead atoms. The second-order valence-electron chi connectivity index (χ2n) is 18.9. The maximum Gasteiger partial charge on any atom is 0.135 e. The van der Waals surface area contributed by atoms with E-state index in [9.17, 15) is 0 Å². The number of aryl methyl sites for hydroxylation is 1. The van der Waals surface area contributed by atoms with Gasteiger partial charge in [-0.05, 0) is 122 Å². The van der Waals surface area contributed by atoms with E-state index in [0.717, 1.165) is 22.5 Å². The summed E-state index contributed by atoms with van der Waals surface area (Å²) in [6, 6.07) is 76.0. The molecule has 10 aromatic rings. The third-order valence-corrected chi connectivity index (χ3v) is 14.7. The SMILES string of the molecule is Cc1ccc(N(c2ccc3c(c2)C(C)(C)c2ccccc2-3)c2ccc3c(c2)C2(c4ccccc4-3)c3ccccc3C(C)(C)c3ccccc32)cc1.c1ccc2c(c1)oc1ccccc12. The van der Waals surface area contributed by atoms with Crippen LogP contribution in [-0.2, 0) is 16.2 Å². The number of hydrogen-bond acceptors (Lipinski definition) is 2. The lowest BCUT2D eigenvalue weighted by Gasteiger charge is -2.46. The zero-order valence-corrected chi connectivity index (χ0v) is 37.0. The Hall–Kier alpha value is -7.42. The summed E-state index contributed by atoms with van der Waals surface area (Å²) in [4.78, 5) is 2.47. The second kappa shape index (κ2) is 14.0. The molecule has 0 N–H and O–H groups in total. The Morgan fingerprint density at radius 2 is 0.719 bits per heavy atom. The van der Waals surface area contributed by atoms with Crippen LogP contribution >= 0.6 is 0 Å². The summed E-state index contributed by atoms with van der Waals surface area (Å²) in [5.74, 6) is 0. The number of hydrogen-bond donors (Lipinski definition) is 0. The van der Waals surface area contributed by atoms with Gasteiger partial charge in [-0.1, -0.05) is 191 Å². The molecule has 3 aliphatic carbocycles. The van der Waals surface area contributed by atoms with E-state index in [-0.39, 0.29) is 10.8 Å². The molecule has 1 heterocycles. The first-order valence-electron chi connectivity index (χ1n) is 22.6. The highest BCUT2D eigenvalue weighted by atomic mass is 16.3. The highest BCUT2D eigenvalue weighted by Gasteiger charge is 2.53. The first kappa shape index (κ1) is 38.3. The Balaban J connectivity index is 0.000000283. The van der Waals surface area contributed by atoms with Gasteiger partial charge in [-0.3, -0.25) is 0 Å². The van der Waals surface area contributed by atoms with E-state index in [4.69, 9.17) is 4.42 Å². The monoisotopic (exact) mass is 823 g/mol. The maximum atomic E-state index is 5.65. The molecule has 0 fully saturated rings. The molecule has 13 rings (SSSR count). The van der Waals surface area contributed by atoms with Gasteiger partial charge in [0.25, 0.3) is 0 Å². The molecule has 0 saturated heterocycles. The van der Waals surface area contributed by atoms with Gasteiger partial charge in [0, 0.05) is 38.7 Å². The second-order valence-corrected chi connectivity index (χ2v) is 18.9. The maximum absolute atomic E-state index is 5.65. The number of rotatable bonds is 3. The normalized spacial score (nSPS) is 15.0. The molecule has 2 nitrogen and oxygen atoms in total. The lowest BCUT2D eigenvalue weighted by atomic mass is 9.55. The topological polar surface area (TPSA) is 16.4 Å². The van der Waals surface area contributed by atoms with E-state index in [2.05, 4.69) is 209 Å². The van der Waals surface area contributed by atoms with Crippen LogP contribution in [0.2, 0.25) is 0 Å². The Labute approximate surface area is 376 Å². The van der Waals surface area contributed by atoms with Crippen LogP contribution in [0, 0.1) is 6.92 Å². The Morgan fingerprint density at radius 1 is 0.328 bits per heavy atom. The fourth-order valence-corrected chi connectivity index (χ4v) is 11.6. The minimum atomic E-state index is -0.439. The molecule has 0 amide bonds. The van der Waals surface area contributed by atoms with Crippen molar-refractivity contribution in [1.82, 2.24) is 0 Å². The van der Waals surface area contributed by atoms with E-state index in [0.29, 0.717) is 0 Å². The van der Waals surface area contributed by atoms with Crippen molar-refractivity contribution in [3.63, 3.8) is 0 Å². The van der Waals surface area contributed by atoms with E-state index in [1.165, 1.54) is 88.8 Å². The largest absolute Gasteiger partial charge is 0.456 e. The summed E-state index contributed by atoms with van der Waals surface area (Å²) in [6.45, 7) is 11.7. The molecule has 0 unspecified atom stereocenters. The summed E-state index contributed by atoms with van der Waals surface area (Å²) in [5.41, 5.74) is 22.4. The van der Waals surface area contributed by atoms with Gasteiger partial charge in [0.2, 0.25) is 0 Å². The molecule has 0 saturated carbocycles. The van der Waals surface area contributed by atoms with Crippen LogP contribution in [0.4, 0.5) is 17.1 Å². The third-order valence-electron chi connectivity index (χ3n) is 14.7. The average molecular weight is 824 g/mol. The van der Waals surface area contributed by atoms with E-state index >= 15 is 0 Å². The quantitative estimate of drug-likeness (QED) is 0.176. The van der Waals surface area contributed by atoms with Crippen molar-refractivity contribution in [3.05, 3.63) is 256 Å². The minimum absolute atomic E-state index is 0.0904. The zero-order chi connectivity index (χ0) is 43.4. The summed E-state index contributed by atoms with van der Waals surface area (Å²) in [5, 5.41) is 2.39. The zero-order valence-electron chi connectivity index (χ0n) is 37.0. The number of nitrogens with zero attached hydrogens (tertiary/aromatic N) is 1. The lowest BCUT2D eigenvalue weighted by Crippen LogP contribution is -2.40. The molecule has 3 aliphatic rings. The molecule has 9 aromatic carbocycles. The van der Waals surface area contributed by atoms with Crippen molar-refractivity contribution in [2.24, 2.45) is 0 Å². The van der Waals surface area contributed by atoms with Gasteiger partial charge in [-0.15, -0.1) is 0 Å². The van der Waals surface area contributed by atoms with Gasteiger partial charge in [-0.25, -0.2) is 0 Å². The first-order valence-corrected chi connectivity index (χ1v) is 22.6. The molecule has 0 aliphatic heterocycles. The summed E-state index contributed by atoms with van der Waals surface area (Å²) < 4.78 is 5.65. The Morgan fingerprint density at radius 3 is 1.30 bits per heavy atom. The number of para-hydroxylation sites is 2. The van der Waals surface area contributed by atoms with Crippen molar-refractivity contribution >= 4 is 39.0 Å². The van der Waals surface area contributed by atoms with Crippen LogP contribution in [-0.4, -0.2) is 0 Å². The van der Waals surface area contributed by atoms with Crippen LogP contribution in [0.1, 0.15) is 77.8 Å². The molecular weight excluding hydrogens is 775 g/mol. The van der Waals surface area contributed by atoms with Crippen molar-refractivity contribution in [2.75, 3.05) is 4.90 Å². The molecular formula is C62H49NO. The van der Waals surface area contributed by atoms with Crippen LogP contribution < -0.4 is 4.90 Å². The minimum Gasteiger partial charge on any atom is -0.456 e. The highest BCUT2D eigenvalue weighted by Crippen LogP contribution is 2.63. The highest BCUT2D eigenvalue weighted by molar-refractivity contribution is 6.04. The predicted octanol–water partition coefficient (Wildman–Crippen LogP) is 16.4. The van der Waals surface area contributed by atoms with Gasteiger partial charge in [0.15, 0.2) is 0 Å². The van der Waals surface area contributed by atoms with Gasteiger partial charge < -0.3 is 9.32 Å². The number of furan rings is 1. The van der Waals surface area contributed by atoms with Crippen molar-refractivity contribution in [3.8, 4) is 22.3 Å². The van der Waals surface area contributed by atoms with Gasteiger partial charge in [0.05, 0.1) is 5.41 Å². The number of fused-ring (bicyclic) bond motifs is 15. The summed E-state index contributed by atoms with van der Waals surface area (Å²) >= 11 is 0. The smallest absolute Gasteiger partial charge is 0.135 e. The molecule has 2 heteroatoms. The molecule has 1 aromatic heterocycles. The van der Waals surface area contributed by atoms with E-state index in [1.807, 2.05) is 36.4 Å². The molecule has 308 valence electrons. The molecule has 64 heavy (non-hydrogen) atoms. The lowest BCUT2D eigenvalue weighted by molar-refractivity contribution is 0.563. The van der Waals surface area contributed by atoms with Gasteiger partial charge >= 0.3 is 0 Å². The summed E-state index contributed by atoms with van der Waals surface area (Å²) in [6.07, 6.45) is 0. The fraction of sp³-hybridized carbons (Fsp3) is 0.129. The number of anilines is 3. The standard InChI is InChI=1S/C50H41N.C12H8O/c1-32-22-24-33(25-23-32)51(34-26-28-38-36-14-6-8-16-40(36)48(2,3)46(38)30-34)35-27-29-39-37-15-7-9-17-41(37)50(47(39)31-35)44-20-12-10-18-42(44)49(4,5)43-19-11-13-21-45(43)50;1-3-7-11-9(5-1)10-6-2-4-8-12(10)13-11/h6-31H,1-5H3;1-8H. The van der Waals surface area contributed by atoms with Crippen molar-refractivity contribution < 1.29 is 4.42 Å². The van der Waals surface area contributed by atoms with Crippen molar-refractivity contribution in [1.29, 1.82) is 0 Å². The van der Waals surface area contributed by atoms with E-state index in [1.54, 1.807) is 0 Å². The van der Waals surface area contributed by atoms with E-state index < -0.39 is 5.41 Å². The van der Waals surface area contributed by atoms with Gasteiger partial charge in [-0.2, -0.15) is 0 Å². The first-order chi connectivity index (χ1) is 31.2. The molecule has 0 atom stereocenters. The Kier molecular flexibility index (Phi) is 8.40. The average Bonchev–Trinajstić information content (AvgIpc) is 3.93. The fourth-order valence-electron chi connectivity index (χ4n) is 11.6. The van der Waals surface area contributed by atoms with Gasteiger partial charge in [0.1, 0.15) is 11.2 Å². The van der Waals surface area contributed by atoms with Crippen LogP contribution in [0.15, 0.2) is 211 Å². The number of benzene rings is 9. The summed E-state index contributed by atoms with van der Waals surface area (Å²) in [7, 11) is 0. The Bertz CT molecular complexity index is 3370. The van der Waals surface area contributed by atoms with Crippen LogP contribution in [0.5, 0.6) is 0 Å². The van der Waals surface area contributed by atoms with Crippen LogP contribution in [0.3, 0.4) is 0 Å². The predicted molar refractivity (Wildman–Crippen MR) is 267 cm³/mol. The van der Waals surface area contributed by atoms with Crippen molar-refractivity contribution in [2.45, 2.75) is 50.9 Å².